The van der Waals surface area contributed by atoms with E-state index >= 15 is 0 Å². The van der Waals surface area contributed by atoms with Gasteiger partial charge in [0.25, 0.3) is 5.91 Å². The predicted octanol–water partition coefficient (Wildman–Crippen LogP) is 1.05. The number of hydrogen-bond donors (Lipinski definition) is 2. The Hall–Kier alpha value is -1.88. The van der Waals surface area contributed by atoms with Gasteiger partial charge < -0.3 is 15.1 Å². The van der Waals surface area contributed by atoms with Crippen LogP contribution in [0.15, 0.2) is 24.3 Å². The third-order valence-corrected chi connectivity index (χ3v) is 3.65. The largest absolute Gasteiger partial charge is 0.479 e. The third-order valence-electron chi connectivity index (χ3n) is 3.65. The number of benzene rings is 1. The van der Waals surface area contributed by atoms with Crippen LogP contribution in [0.4, 0.5) is 0 Å². The number of carbonyl (C=O) groups is 2. The minimum Gasteiger partial charge on any atom is -0.479 e. The Labute approximate surface area is 111 Å². The van der Waals surface area contributed by atoms with Gasteiger partial charge in [0.05, 0.1) is 0 Å². The molecule has 1 aliphatic rings. The molecule has 1 amide bonds. The normalized spacial score (nSPS) is 18.1. The Bertz CT molecular complexity index is 504. The summed E-state index contributed by atoms with van der Waals surface area (Å²) < 4.78 is 0. The molecule has 2 rings (SSSR count). The number of aryl methyl sites for hydroxylation is 1. The first-order valence-corrected chi connectivity index (χ1v) is 6.25. The third kappa shape index (κ3) is 2.61. The highest BCUT2D eigenvalue weighted by Gasteiger charge is 2.40. The van der Waals surface area contributed by atoms with Crippen molar-refractivity contribution in [2.24, 2.45) is 0 Å². The lowest BCUT2D eigenvalue weighted by molar-refractivity contribution is -0.162. The topological polar surface area (TPSA) is 77.8 Å². The van der Waals surface area contributed by atoms with Gasteiger partial charge in [-0.25, -0.2) is 4.79 Å². The summed E-state index contributed by atoms with van der Waals surface area (Å²) in [7, 11) is 0. The Morgan fingerprint density at radius 1 is 1.21 bits per heavy atom. The highest BCUT2D eigenvalue weighted by Crippen LogP contribution is 2.24. The zero-order valence-electron chi connectivity index (χ0n) is 10.8. The van der Waals surface area contributed by atoms with Crippen LogP contribution in [-0.4, -0.2) is 45.7 Å². The van der Waals surface area contributed by atoms with Crippen molar-refractivity contribution >= 4 is 11.9 Å². The number of aliphatic hydroxyl groups is 1. The summed E-state index contributed by atoms with van der Waals surface area (Å²) in [6.07, 6.45) is 0.139. The van der Waals surface area contributed by atoms with Crippen LogP contribution >= 0.6 is 0 Å². The molecule has 0 aliphatic carbocycles. The molecule has 0 atom stereocenters. The minimum absolute atomic E-state index is 0.0694. The molecule has 1 aromatic rings. The number of hydrogen-bond acceptors (Lipinski definition) is 3. The van der Waals surface area contributed by atoms with Crippen molar-refractivity contribution in [1.82, 2.24) is 4.90 Å². The van der Waals surface area contributed by atoms with Crippen molar-refractivity contribution in [2.45, 2.75) is 25.4 Å². The monoisotopic (exact) mass is 263 g/mol. The van der Waals surface area contributed by atoms with E-state index in [0.717, 1.165) is 5.56 Å². The second-order valence-electron chi connectivity index (χ2n) is 4.94. The number of rotatable bonds is 2. The molecule has 102 valence electrons. The maximum absolute atomic E-state index is 12.3. The number of piperidine rings is 1. The van der Waals surface area contributed by atoms with E-state index in [1.165, 1.54) is 0 Å². The van der Waals surface area contributed by atoms with E-state index in [1.54, 1.807) is 17.0 Å². The van der Waals surface area contributed by atoms with Crippen LogP contribution in [0.25, 0.3) is 0 Å². The van der Waals surface area contributed by atoms with Gasteiger partial charge in [-0.1, -0.05) is 18.2 Å². The highest BCUT2D eigenvalue weighted by atomic mass is 16.4. The zero-order chi connectivity index (χ0) is 14.0. The molecule has 0 spiro atoms. The highest BCUT2D eigenvalue weighted by molar-refractivity contribution is 5.95. The standard InChI is InChI=1S/C14H17NO4/c1-10-4-2-3-5-11(10)12(16)15-8-6-14(19,7-9-15)13(17)18/h2-5,19H,6-9H2,1H3,(H,17,18). The first kappa shape index (κ1) is 13.5. The fourth-order valence-corrected chi connectivity index (χ4v) is 2.28. The number of likely N-dealkylation sites (tertiary alicyclic amines) is 1. The van der Waals surface area contributed by atoms with Crippen LogP contribution in [0.5, 0.6) is 0 Å². The second-order valence-corrected chi connectivity index (χ2v) is 4.94. The van der Waals surface area contributed by atoms with E-state index in [9.17, 15) is 14.7 Å². The number of carboxylic acids is 1. The van der Waals surface area contributed by atoms with Gasteiger partial charge in [-0.15, -0.1) is 0 Å². The maximum atomic E-state index is 12.3. The van der Waals surface area contributed by atoms with Crippen LogP contribution in [0.2, 0.25) is 0 Å². The molecule has 0 bridgehead atoms. The lowest BCUT2D eigenvalue weighted by Gasteiger charge is -2.35. The summed E-state index contributed by atoms with van der Waals surface area (Å²) >= 11 is 0. The SMILES string of the molecule is Cc1ccccc1C(=O)N1CCC(O)(C(=O)O)CC1. The van der Waals surface area contributed by atoms with Gasteiger partial charge in [-0.3, -0.25) is 4.79 Å². The van der Waals surface area contributed by atoms with Gasteiger partial charge in [0.2, 0.25) is 0 Å². The van der Waals surface area contributed by atoms with Crippen molar-refractivity contribution in [3.8, 4) is 0 Å². The Morgan fingerprint density at radius 2 is 1.79 bits per heavy atom. The second kappa shape index (κ2) is 5.01. The Morgan fingerprint density at radius 3 is 2.32 bits per heavy atom. The van der Waals surface area contributed by atoms with Crippen molar-refractivity contribution in [3.05, 3.63) is 35.4 Å². The molecular weight excluding hydrogens is 246 g/mol. The minimum atomic E-state index is -1.69. The molecule has 0 unspecified atom stereocenters. The van der Waals surface area contributed by atoms with Crippen molar-refractivity contribution in [1.29, 1.82) is 0 Å². The molecule has 1 fully saturated rings. The summed E-state index contributed by atoms with van der Waals surface area (Å²) in [5, 5.41) is 18.8. The van der Waals surface area contributed by atoms with Crippen LogP contribution in [0.1, 0.15) is 28.8 Å². The van der Waals surface area contributed by atoms with Crippen LogP contribution in [0, 0.1) is 6.92 Å². The lowest BCUT2D eigenvalue weighted by atomic mass is 9.91. The summed E-state index contributed by atoms with van der Waals surface area (Å²) in [5.74, 6) is -1.32. The van der Waals surface area contributed by atoms with E-state index in [1.807, 2.05) is 19.1 Å². The van der Waals surface area contributed by atoms with E-state index in [2.05, 4.69) is 0 Å². The number of nitrogens with zero attached hydrogens (tertiary/aromatic N) is 1. The van der Waals surface area contributed by atoms with E-state index in [4.69, 9.17) is 5.11 Å². The molecule has 1 saturated heterocycles. The number of amides is 1. The van der Waals surface area contributed by atoms with Gasteiger partial charge >= 0.3 is 5.97 Å². The molecular formula is C14H17NO4. The van der Waals surface area contributed by atoms with Crippen molar-refractivity contribution < 1.29 is 19.8 Å². The molecule has 19 heavy (non-hydrogen) atoms. The smallest absolute Gasteiger partial charge is 0.335 e. The van der Waals surface area contributed by atoms with Gasteiger partial charge in [0.1, 0.15) is 0 Å². The zero-order valence-corrected chi connectivity index (χ0v) is 10.8. The number of aliphatic carboxylic acids is 1. The van der Waals surface area contributed by atoms with Gasteiger partial charge in [0, 0.05) is 31.5 Å². The maximum Gasteiger partial charge on any atom is 0.335 e. The molecule has 5 heteroatoms. The van der Waals surface area contributed by atoms with Crippen LogP contribution in [0.3, 0.4) is 0 Å². The summed E-state index contributed by atoms with van der Waals surface area (Å²) in [6, 6.07) is 7.30. The first-order chi connectivity index (χ1) is 8.94. The van der Waals surface area contributed by atoms with Crippen molar-refractivity contribution in [2.75, 3.05) is 13.1 Å². The molecule has 1 aromatic carbocycles. The van der Waals surface area contributed by atoms with Gasteiger partial charge in [0.15, 0.2) is 5.60 Å². The lowest BCUT2D eigenvalue weighted by Crippen LogP contribution is -2.50. The summed E-state index contributed by atoms with van der Waals surface area (Å²) in [4.78, 5) is 24.8. The molecule has 5 nitrogen and oxygen atoms in total. The summed E-state index contributed by atoms with van der Waals surface area (Å²) in [6.45, 7) is 2.39. The molecule has 0 radical (unpaired) electrons. The molecule has 1 aliphatic heterocycles. The van der Waals surface area contributed by atoms with E-state index in [0.29, 0.717) is 5.56 Å². The molecule has 0 aromatic heterocycles. The average molecular weight is 263 g/mol. The van der Waals surface area contributed by atoms with Crippen molar-refractivity contribution in [3.63, 3.8) is 0 Å². The van der Waals surface area contributed by atoms with Crippen LogP contribution < -0.4 is 0 Å². The number of carbonyl (C=O) groups excluding carboxylic acids is 1. The summed E-state index contributed by atoms with van der Waals surface area (Å²) in [5.41, 5.74) is -0.169. The van der Waals surface area contributed by atoms with Crippen LogP contribution in [-0.2, 0) is 4.79 Å². The molecule has 2 N–H and O–H groups in total. The fraction of sp³-hybridized carbons (Fsp3) is 0.429. The van der Waals surface area contributed by atoms with E-state index < -0.39 is 11.6 Å². The first-order valence-electron chi connectivity index (χ1n) is 6.25. The average Bonchev–Trinajstić information content (AvgIpc) is 2.39. The Kier molecular flexibility index (Phi) is 3.57. The molecule has 1 heterocycles. The fourth-order valence-electron chi connectivity index (χ4n) is 2.28. The van der Waals surface area contributed by atoms with Gasteiger partial charge in [-0.2, -0.15) is 0 Å². The Balaban J connectivity index is 2.08. The molecule has 0 saturated carbocycles. The number of carboxylic acid groups (broad SMARTS) is 1. The van der Waals surface area contributed by atoms with Gasteiger partial charge in [-0.05, 0) is 18.6 Å². The predicted molar refractivity (Wildman–Crippen MR) is 68.9 cm³/mol. The quantitative estimate of drug-likeness (QED) is 0.836. The van der Waals surface area contributed by atoms with E-state index in [-0.39, 0.29) is 31.8 Å².